The third-order valence-corrected chi connectivity index (χ3v) is 4.32. The molecule has 0 unspecified atom stereocenters. The normalized spacial score (nSPS) is 11.2. The number of nitro benzene ring substituents is 1. The molecule has 29 heavy (non-hydrogen) atoms. The second kappa shape index (κ2) is 9.69. The molecule has 0 radical (unpaired) electrons. The summed E-state index contributed by atoms with van der Waals surface area (Å²) in [4.78, 5) is 34.7. The predicted octanol–water partition coefficient (Wildman–Crippen LogP) is 4.10. The fourth-order valence-electron chi connectivity index (χ4n) is 2.65. The minimum Gasteiger partial charge on any atom is -0.460 e. The minimum atomic E-state index is -0.532. The molecule has 1 N–H and O–H groups in total. The zero-order valence-corrected chi connectivity index (χ0v) is 18.2. The number of carbonyl (C=O) groups is 1. The second-order valence-corrected chi connectivity index (χ2v) is 8.45. The van der Waals surface area contributed by atoms with Crippen LogP contribution in [0.15, 0.2) is 45.8 Å². The van der Waals surface area contributed by atoms with Gasteiger partial charge in [-0.1, -0.05) is 6.07 Å². The van der Waals surface area contributed by atoms with Crippen molar-refractivity contribution in [2.75, 3.05) is 11.9 Å². The Morgan fingerprint density at radius 3 is 2.66 bits per heavy atom. The molecule has 0 saturated heterocycles. The van der Waals surface area contributed by atoms with Crippen LogP contribution in [-0.2, 0) is 16.1 Å². The van der Waals surface area contributed by atoms with E-state index in [2.05, 4.69) is 21.2 Å². The van der Waals surface area contributed by atoms with E-state index >= 15 is 0 Å². The smallest absolute Gasteiger partial charge is 0.306 e. The number of benzene rings is 1. The summed E-state index contributed by atoms with van der Waals surface area (Å²) in [5, 5.41) is 14.5. The van der Waals surface area contributed by atoms with Crippen LogP contribution in [0.4, 0.5) is 11.4 Å². The zero-order chi connectivity index (χ0) is 21.6. The summed E-state index contributed by atoms with van der Waals surface area (Å²) in [6.45, 7) is 6.02. The molecule has 156 valence electrons. The Morgan fingerprint density at radius 1 is 1.28 bits per heavy atom. The highest BCUT2D eigenvalue weighted by Gasteiger charge is 2.17. The van der Waals surface area contributed by atoms with E-state index in [1.165, 1.54) is 16.7 Å². The summed E-state index contributed by atoms with van der Waals surface area (Å²) in [7, 11) is 0. The van der Waals surface area contributed by atoms with Gasteiger partial charge in [-0.3, -0.25) is 19.7 Å². The second-order valence-electron chi connectivity index (χ2n) is 7.54. The van der Waals surface area contributed by atoms with Gasteiger partial charge in [-0.15, -0.1) is 0 Å². The number of anilines is 1. The van der Waals surface area contributed by atoms with Crippen LogP contribution < -0.4 is 10.9 Å². The largest absolute Gasteiger partial charge is 0.460 e. The maximum absolute atomic E-state index is 11.9. The Hall–Kier alpha value is -2.68. The van der Waals surface area contributed by atoms with Crippen molar-refractivity contribution in [1.29, 1.82) is 0 Å². The van der Waals surface area contributed by atoms with Gasteiger partial charge in [0.15, 0.2) is 0 Å². The average Bonchev–Trinajstić information content (AvgIpc) is 2.61. The van der Waals surface area contributed by atoms with Gasteiger partial charge in [0.05, 0.1) is 11.5 Å². The lowest BCUT2D eigenvalue weighted by molar-refractivity contribution is -0.384. The van der Waals surface area contributed by atoms with E-state index in [0.717, 1.165) is 4.47 Å². The van der Waals surface area contributed by atoms with E-state index in [-0.39, 0.29) is 30.2 Å². The van der Waals surface area contributed by atoms with Crippen LogP contribution >= 0.6 is 15.9 Å². The van der Waals surface area contributed by atoms with E-state index < -0.39 is 10.5 Å². The highest BCUT2D eigenvalue weighted by Crippen LogP contribution is 2.26. The lowest BCUT2D eigenvalue weighted by Gasteiger charge is -2.19. The first-order valence-electron chi connectivity index (χ1n) is 9.14. The number of pyridine rings is 1. The lowest BCUT2D eigenvalue weighted by atomic mass is 10.1. The number of nitrogens with zero attached hydrogens (tertiary/aromatic N) is 2. The molecule has 1 aromatic heterocycles. The Bertz CT molecular complexity index is 950. The van der Waals surface area contributed by atoms with E-state index in [1.54, 1.807) is 45.2 Å². The summed E-state index contributed by atoms with van der Waals surface area (Å²) < 4.78 is 7.45. The Morgan fingerprint density at radius 2 is 2.00 bits per heavy atom. The van der Waals surface area contributed by atoms with Crippen molar-refractivity contribution in [3.63, 3.8) is 0 Å². The number of aromatic nitrogens is 1. The van der Waals surface area contributed by atoms with Crippen molar-refractivity contribution in [2.24, 2.45) is 0 Å². The van der Waals surface area contributed by atoms with Gasteiger partial charge >= 0.3 is 5.97 Å². The van der Waals surface area contributed by atoms with Crippen molar-refractivity contribution in [3.05, 3.63) is 67.0 Å². The summed E-state index contributed by atoms with van der Waals surface area (Å²) in [5.41, 5.74) is 0.193. The zero-order valence-electron chi connectivity index (χ0n) is 16.6. The third kappa shape index (κ3) is 7.34. The first-order chi connectivity index (χ1) is 13.5. The topological polar surface area (TPSA) is 103 Å². The fourth-order valence-corrected chi connectivity index (χ4v) is 3.03. The van der Waals surface area contributed by atoms with Gasteiger partial charge in [0.25, 0.3) is 11.2 Å². The molecule has 0 aliphatic carbocycles. The van der Waals surface area contributed by atoms with Crippen molar-refractivity contribution in [2.45, 2.75) is 45.8 Å². The number of esters is 1. The molecule has 0 fully saturated rings. The SMILES string of the molecule is CC(C)(C)OC(=O)CCCNc1ccc(Cn2cc(Br)ccc2=O)cc1[N+](=O)[O-]. The van der Waals surface area contributed by atoms with E-state index in [9.17, 15) is 19.7 Å². The van der Waals surface area contributed by atoms with E-state index in [1.807, 2.05) is 0 Å². The van der Waals surface area contributed by atoms with Crippen LogP contribution in [0.5, 0.6) is 0 Å². The van der Waals surface area contributed by atoms with E-state index in [0.29, 0.717) is 24.2 Å². The molecule has 0 aliphatic heterocycles. The molecule has 0 bridgehead atoms. The van der Waals surface area contributed by atoms with Crippen LogP contribution in [0.25, 0.3) is 0 Å². The Labute approximate surface area is 177 Å². The molecular weight excluding hydrogens is 442 g/mol. The van der Waals surface area contributed by atoms with Crippen molar-refractivity contribution in [1.82, 2.24) is 4.57 Å². The third-order valence-electron chi connectivity index (χ3n) is 3.85. The average molecular weight is 466 g/mol. The van der Waals surface area contributed by atoms with E-state index in [4.69, 9.17) is 4.74 Å². The summed E-state index contributed by atoms with van der Waals surface area (Å²) in [5.74, 6) is -0.302. The number of nitrogens with one attached hydrogen (secondary N) is 1. The van der Waals surface area contributed by atoms with Crippen LogP contribution in [0.2, 0.25) is 0 Å². The Balaban J connectivity index is 2.02. The number of hydrogen-bond acceptors (Lipinski definition) is 6. The van der Waals surface area contributed by atoms with Crippen LogP contribution in [-0.4, -0.2) is 27.6 Å². The molecule has 1 aromatic carbocycles. The molecule has 9 heteroatoms. The van der Waals surface area contributed by atoms with Gasteiger partial charge in [0.1, 0.15) is 11.3 Å². The van der Waals surface area contributed by atoms with Crippen molar-refractivity contribution >= 4 is 33.3 Å². The van der Waals surface area contributed by atoms with Crippen molar-refractivity contribution in [3.8, 4) is 0 Å². The van der Waals surface area contributed by atoms with Gasteiger partial charge in [0, 0.05) is 35.8 Å². The summed E-state index contributed by atoms with van der Waals surface area (Å²) in [6.07, 6.45) is 2.35. The maximum Gasteiger partial charge on any atom is 0.306 e. The lowest BCUT2D eigenvalue weighted by Crippen LogP contribution is -2.24. The number of nitro groups is 1. The fraction of sp³-hybridized carbons (Fsp3) is 0.400. The number of ether oxygens (including phenoxy) is 1. The Kier molecular flexibility index (Phi) is 7.55. The van der Waals surface area contributed by atoms with Gasteiger partial charge in [-0.25, -0.2) is 0 Å². The predicted molar refractivity (Wildman–Crippen MR) is 114 cm³/mol. The van der Waals surface area contributed by atoms with Crippen molar-refractivity contribution < 1.29 is 14.5 Å². The summed E-state index contributed by atoms with van der Waals surface area (Å²) >= 11 is 3.31. The standard InChI is InChI=1S/C20H24BrN3O5/c1-20(2,3)29-19(26)5-4-10-22-16-8-6-14(11-17(16)24(27)28)12-23-13-15(21)7-9-18(23)25/h6-9,11,13,22H,4-5,10,12H2,1-3H3. The van der Waals surface area contributed by atoms with Gasteiger partial charge < -0.3 is 14.6 Å². The molecule has 0 spiro atoms. The summed E-state index contributed by atoms with van der Waals surface area (Å²) in [6, 6.07) is 7.87. The molecule has 8 nitrogen and oxygen atoms in total. The number of carbonyl (C=O) groups excluding carboxylic acids is 1. The number of rotatable bonds is 8. The number of halogens is 1. The highest BCUT2D eigenvalue weighted by atomic mass is 79.9. The maximum atomic E-state index is 11.9. The van der Waals surface area contributed by atoms with Gasteiger partial charge in [0.2, 0.25) is 0 Å². The molecule has 0 atom stereocenters. The molecular formula is C20H24BrN3O5. The molecule has 0 saturated carbocycles. The minimum absolute atomic E-state index is 0.0807. The van der Waals surface area contributed by atoms with Gasteiger partial charge in [-0.05, 0) is 60.8 Å². The first kappa shape index (κ1) is 22.6. The molecule has 2 rings (SSSR count). The molecule has 1 heterocycles. The molecule has 2 aromatic rings. The monoisotopic (exact) mass is 465 g/mol. The van der Waals surface area contributed by atoms with Crippen LogP contribution in [0.3, 0.4) is 0 Å². The molecule has 0 aliphatic rings. The van der Waals surface area contributed by atoms with Gasteiger partial charge in [-0.2, -0.15) is 0 Å². The van der Waals surface area contributed by atoms with Crippen LogP contribution in [0.1, 0.15) is 39.2 Å². The van der Waals surface area contributed by atoms with Crippen LogP contribution in [0, 0.1) is 10.1 Å². The first-order valence-corrected chi connectivity index (χ1v) is 9.93. The quantitative estimate of drug-likeness (QED) is 0.272. The molecule has 0 amide bonds. The highest BCUT2D eigenvalue weighted by molar-refractivity contribution is 9.10. The number of hydrogen-bond donors (Lipinski definition) is 1.